The molecule has 0 saturated heterocycles. The first-order chi connectivity index (χ1) is 6.36. The highest BCUT2D eigenvalue weighted by Crippen LogP contribution is 2.44. The van der Waals surface area contributed by atoms with Gasteiger partial charge in [-0.25, -0.2) is 0 Å². The average Bonchev–Trinajstić information content (AvgIpc) is 2.02. The molecular formula is C12H22O2. The van der Waals surface area contributed by atoms with Crippen molar-refractivity contribution in [2.24, 2.45) is 10.8 Å². The van der Waals surface area contributed by atoms with Crippen molar-refractivity contribution in [1.29, 1.82) is 0 Å². The summed E-state index contributed by atoms with van der Waals surface area (Å²) in [6.07, 6.45) is 5.94. The number of carboxylic acid groups (broad SMARTS) is 1. The summed E-state index contributed by atoms with van der Waals surface area (Å²) >= 11 is 0. The maximum absolute atomic E-state index is 11.4. The molecule has 82 valence electrons. The van der Waals surface area contributed by atoms with Crippen LogP contribution < -0.4 is 0 Å². The summed E-state index contributed by atoms with van der Waals surface area (Å²) in [7, 11) is 0. The zero-order valence-electron chi connectivity index (χ0n) is 9.60. The normalized spacial score (nSPS) is 21.9. The van der Waals surface area contributed by atoms with Gasteiger partial charge < -0.3 is 5.11 Å². The van der Waals surface area contributed by atoms with E-state index in [1.807, 2.05) is 0 Å². The van der Waals surface area contributed by atoms with Gasteiger partial charge in [0.2, 0.25) is 0 Å². The highest BCUT2D eigenvalue weighted by Gasteiger charge is 2.42. The van der Waals surface area contributed by atoms with Crippen LogP contribution in [0, 0.1) is 10.8 Å². The molecule has 14 heavy (non-hydrogen) atoms. The van der Waals surface area contributed by atoms with Crippen LogP contribution in [0.3, 0.4) is 0 Å². The van der Waals surface area contributed by atoms with Crippen LogP contribution in [0.1, 0.15) is 59.3 Å². The molecule has 0 aromatic carbocycles. The molecule has 0 spiro atoms. The molecular weight excluding hydrogens is 176 g/mol. The Morgan fingerprint density at radius 2 is 1.71 bits per heavy atom. The van der Waals surface area contributed by atoms with Crippen LogP contribution in [0.25, 0.3) is 0 Å². The average molecular weight is 198 g/mol. The maximum Gasteiger partial charge on any atom is 0.309 e. The van der Waals surface area contributed by atoms with Crippen molar-refractivity contribution in [3.8, 4) is 0 Å². The lowest BCUT2D eigenvalue weighted by atomic mass is 9.66. The fourth-order valence-corrected chi connectivity index (χ4v) is 2.71. The van der Waals surface area contributed by atoms with Crippen LogP contribution in [0.5, 0.6) is 0 Å². The molecule has 1 aliphatic rings. The predicted molar refractivity (Wildman–Crippen MR) is 57.2 cm³/mol. The minimum atomic E-state index is -0.577. The van der Waals surface area contributed by atoms with Crippen LogP contribution in [-0.4, -0.2) is 11.1 Å². The molecule has 0 radical (unpaired) electrons. The number of hydrogen-bond acceptors (Lipinski definition) is 1. The third-order valence-corrected chi connectivity index (χ3v) is 3.13. The van der Waals surface area contributed by atoms with Crippen LogP contribution in [0.15, 0.2) is 0 Å². The highest BCUT2D eigenvalue weighted by molar-refractivity contribution is 5.74. The van der Waals surface area contributed by atoms with Crippen LogP contribution in [0.2, 0.25) is 0 Å². The number of aliphatic carboxylic acids is 1. The number of hydrogen-bond donors (Lipinski definition) is 1. The second-order valence-electron chi connectivity index (χ2n) is 5.88. The van der Waals surface area contributed by atoms with E-state index in [1.165, 1.54) is 6.42 Å². The summed E-state index contributed by atoms with van der Waals surface area (Å²) in [6.45, 7) is 6.39. The van der Waals surface area contributed by atoms with Crippen molar-refractivity contribution in [3.05, 3.63) is 0 Å². The Bertz CT molecular complexity index is 207. The van der Waals surface area contributed by atoms with Gasteiger partial charge in [-0.2, -0.15) is 0 Å². The van der Waals surface area contributed by atoms with Gasteiger partial charge in [0, 0.05) is 0 Å². The summed E-state index contributed by atoms with van der Waals surface area (Å²) in [5, 5.41) is 9.35. The van der Waals surface area contributed by atoms with Crippen molar-refractivity contribution in [2.45, 2.75) is 59.3 Å². The van der Waals surface area contributed by atoms with E-state index in [0.29, 0.717) is 0 Å². The summed E-state index contributed by atoms with van der Waals surface area (Å²) < 4.78 is 0. The van der Waals surface area contributed by atoms with Gasteiger partial charge in [0.05, 0.1) is 5.41 Å². The summed E-state index contributed by atoms with van der Waals surface area (Å²) in [4.78, 5) is 11.4. The minimum absolute atomic E-state index is 0.121. The van der Waals surface area contributed by atoms with Crippen LogP contribution in [-0.2, 0) is 4.79 Å². The van der Waals surface area contributed by atoms with Crippen LogP contribution >= 0.6 is 0 Å². The van der Waals surface area contributed by atoms with E-state index in [-0.39, 0.29) is 5.41 Å². The predicted octanol–water partition coefficient (Wildman–Crippen LogP) is 3.46. The smallest absolute Gasteiger partial charge is 0.309 e. The first-order valence-electron chi connectivity index (χ1n) is 5.59. The lowest BCUT2D eigenvalue weighted by molar-refractivity contribution is -0.153. The van der Waals surface area contributed by atoms with E-state index in [0.717, 1.165) is 32.1 Å². The Hall–Kier alpha value is -0.530. The van der Waals surface area contributed by atoms with E-state index >= 15 is 0 Å². The molecule has 1 aliphatic carbocycles. The van der Waals surface area contributed by atoms with Gasteiger partial charge in [-0.15, -0.1) is 0 Å². The summed E-state index contributed by atoms with van der Waals surface area (Å²) in [6, 6.07) is 0. The van der Waals surface area contributed by atoms with Crippen molar-refractivity contribution in [2.75, 3.05) is 0 Å². The number of carboxylic acids is 1. The molecule has 0 atom stereocenters. The Morgan fingerprint density at radius 1 is 1.21 bits per heavy atom. The molecule has 0 aromatic rings. The van der Waals surface area contributed by atoms with E-state index in [1.54, 1.807) is 0 Å². The Morgan fingerprint density at radius 3 is 2.07 bits per heavy atom. The molecule has 1 rings (SSSR count). The summed E-state index contributed by atoms with van der Waals surface area (Å²) in [5.41, 5.74) is -0.299. The third kappa shape index (κ3) is 2.73. The largest absolute Gasteiger partial charge is 0.481 e. The molecule has 2 heteroatoms. The Kier molecular flexibility index (Phi) is 3.23. The standard InChI is InChI=1S/C12H22O2/c1-11(2,3)9-12(10(13)14)7-5-4-6-8-12/h4-9H2,1-3H3,(H,13,14). The molecule has 0 aliphatic heterocycles. The Labute approximate surface area is 86.7 Å². The van der Waals surface area contributed by atoms with E-state index in [2.05, 4.69) is 20.8 Å². The van der Waals surface area contributed by atoms with Gasteiger partial charge in [-0.05, 0) is 24.7 Å². The maximum atomic E-state index is 11.4. The number of carbonyl (C=O) groups is 1. The topological polar surface area (TPSA) is 37.3 Å². The second-order valence-corrected chi connectivity index (χ2v) is 5.88. The first kappa shape index (κ1) is 11.5. The molecule has 1 saturated carbocycles. The zero-order valence-corrected chi connectivity index (χ0v) is 9.60. The van der Waals surface area contributed by atoms with Crippen molar-refractivity contribution >= 4 is 5.97 Å². The molecule has 1 fully saturated rings. The van der Waals surface area contributed by atoms with E-state index in [9.17, 15) is 9.90 Å². The van der Waals surface area contributed by atoms with Gasteiger partial charge in [-0.1, -0.05) is 40.0 Å². The molecule has 1 N–H and O–H groups in total. The fourth-order valence-electron chi connectivity index (χ4n) is 2.71. The van der Waals surface area contributed by atoms with Crippen molar-refractivity contribution in [1.82, 2.24) is 0 Å². The SMILES string of the molecule is CC(C)(C)CC1(C(=O)O)CCCCC1. The second kappa shape index (κ2) is 3.92. The van der Waals surface area contributed by atoms with E-state index in [4.69, 9.17) is 0 Å². The van der Waals surface area contributed by atoms with Crippen LogP contribution in [0.4, 0.5) is 0 Å². The minimum Gasteiger partial charge on any atom is -0.481 e. The van der Waals surface area contributed by atoms with Gasteiger partial charge in [0.25, 0.3) is 0 Å². The quantitative estimate of drug-likeness (QED) is 0.737. The zero-order chi connectivity index (χ0) is 10.8. The third-order valence-electron chi connectivity index (χ3n) is 3.13. The molecule has 2 nitrogen and oxygen atoms in total. The summed E-state index contributed by atoms with van der Waals surface area (Å²) in [5.74, 6) is -0.577. The highest BCUT2D eigenvalue weighted by atomic mass is 16.4. The first-order valence-corrected chi connectivity index (χ1v) is 5.59. The van der Waals surface area contributed by atoms with Gasteiger partial charge in [0.1, 0.15) is 0 Å². The lowest BCUT2D eigenvalue weighted by Gasteiger charge is -2.38. The van der Waals surface area contributed by atoms with Gasteiger partial charge >= 0.3 is 5.97 Å². The van der Waals surface area contributed by atoms with Crippen molar-refractivity contribution < 1.29 is 9.90 Å². The lowest BCUT2D eigenvalue weighted by Crippen LogP contribution is -2.36. The fraction of sp³-hybridized carbons (Fsp3) is 0.917. The van der Waals surface area contributed by atoms with E-state index < -0.39 is 11.4 Å². The molecule has 0 bridgehead atoms. The molecule has 0 amide bonds. The van der Waals surface area contributed by atoms with Crippen molar-refractivity contribution in [3.63, 3.8) is 0 Å². The molecule has 0 unspecified atom stereocenters. The number of rotatable bonds is 2. The Balaban J connectivity index is 2.76. The van der Waals surface area contributed by atoms with Gasteiger partial charge in [-0.3, -0.25) is 4.79 Å². The monoisotopic (exact) mass is 198 g/mol. The molecule has 0 aromatic heterocycles. The molecule has 0 heterocycles. The van der Waals surface area contributed by atoms with Gasteiger partial charge in [0.15, 0.2) is 0 Å².